The smallest absolute Gasteiger partial charge is 0.248 e. The third-order valence-corrected chi connectivity index (χ3v) is 3.91. The number of nitrogens with two attached hydrogens (primary N) is 1. The van der Waals surface area contributed by atoms with Crippen LogP contribution in [0.5, 0.6) is 5.75 Å². The molecule has 1 atom stereocenters. The van der Waals surface area contributed by atoms with E-state index in [1.807, 2.05) is 0 Å². The van der Waals surface area contributed by atoms with Gasteiger partial charge in [-0.3, -0.25) is 4.79 Å². The number of amides is 1. The molecule has 1 aliphatic heterocycles. The number of fused-ring (bicyclic) bond motifs is 1. The predicted molar refractivity (Wildman–Crippen MR) is 87.2 cm³/mol. The second-order valence-corrected chi connectivity index (χ2v) is 5.65. The number of nitrogens with one attached hydrogen (secondary N) is 1. The topological polar surface area (TPSA) is 126 Å². The summed E-state index contributed by atoms with van der Waals surface area (Å²) in [7, 11) is 0. The Labute approximate surface area is 138 Å². The van der Waals surface area contributed by atoms with Gasteiger partial charge in [0, 0.05) is 18.7 Å². The number of aliphatic hydroxyl groups is 1. The van der Waals surface area contributed by atoms with E-state index in [9.17, 15) is 9.90 Å². The zero-order valence-electron chi connectivity index (χ0n) is 13.2. The number of aromatic hydroxyl groups is 1. The van der Waals surface area contributed by atoms with Crippen molar-refractivity contribution in [3.63, 3.8) is 0 Å². The van der Waals surface area contributed by atoms with Crippen LogP contribution < -0.4 is 11.1 Å². The standard InChI is InChI=1S/C16H19N5O3/c1-9-13(15(17)24)14(10-4-2-5-11(23)8-10)21-16(18-9)19-12(20-21)6-3-7-22/h2,4-5,8,14,22-23H,3,6-7H2,1H3,(H2,17,24)(H,18,19,20)/t14-/m1/s1. The van der Waals surface area contributed by atoms with Crippen LogP contribution in [0, 0.1) is 0 Å². The highest BCUT2D eigenvalue weighted by Gasteiger charge is 2.33. The fourth-order valence-corrected chi connectivity index (χ4v) is 2.86. The number of anilines is 1. The molecular formula is C16H19N5O3. The number of hydrogen-bond acceptors (Lipinski definition) is 6. The quantitative estimate of drug-likeness (QED) is 0.639. The Hall–Kier alpha value is -2.87. The van der Waals surface area contributed by atoms with Gasteiger partial charge in [-0.1, -0.05) is 12.1 Å². The number of nitrogens with zero attached hydrogens (tertiary/aromatic N) is 3. The number of carbonyl (C=O) groups is 1. The molecule has 0 fully saturated rings. The number of allylic oxidation sites excluding steroid dienone is 1. The van der Waals surface area contributed by atoms with Crippen LogP contribution in [-0.2, 0) is 11.2 Å². The minimum Gasteiger partial charge on any atom is -0.508 e. The molecule has 1 aromatic carbocycles. The van der Waals surface area contributed by atoms with E-state index in [0.717, 1.165) is 0 Å². The van der Waals surface area contributed by atoms with Gasteiger partial charge in [0.2, 0.25) is 11.9 Å². The van der Waals surface area contributed by atoms with Crippen molar-refractivity contribution in [1.29, 1.82) is 0 Å². The van der Waals surface area contributed by atoms with Crippen molar-refractivity contribution in [2.45, 2.75) is 25.8 Å². The predicted octanol–water partition coefficient (Wildman–Crippen LogP) is 0.683. The van der Waals surface area contributed by atoms with Crippen LogP contribution in [-0.4, -0.2) is 37.5 Å². The highest BCUT2D eigenvalue weighted by Crippen LogP contribution is 2.35. The normalized spacial score (nSPS) is 16.7. The summed E-state index contributed by atoms with van der Waals surface area (Å²) in [4.78, 5) is 16.4. The Morgan fingerprint density at radius 3 is 2.92 bits per heavy atom. The van der Waals surface area contributed by atoms with Crippen LogP contribution >= 0.6 is 0 Å². The van der Waals surface area contributed by atoms with Crippen molar-refractivity contribution >= 4 is 11.9 Å². The summed E-state index contributed by atoms with van der Waals surface area (Å²) < 4.78 is 1.59. The zero-order valence-corrected chi connectivity index (χ0v) is 13.2. The number of aryl methyl sites for hydroxylation is 1. The Morgan fingerprint density at radius 1 is 1.46 bits per heavy atom. The minimum atomic E-state index is -0.568. The van der Waals surface area contributed by atoms with Gasteiger partial charge in [-0.05, 0) is 31.0 Å². The molecule has 0 aliphatic carbocycles. The number of phenolic OH excluding ortho intramolecular Hbond substituents is 1. The number of rotatable bonds is 5. The number of phenols is 1. The lowest BCUT2D eigenvalue weighted by molar-refractivity contribution is -0.115. The molecule has 0 saturated heterocycles. The highest BCUT2D eigenvalue weighted by molar-refractivity contribution is 5.95. The maximum absolute atomic E-state index is 12.0. The van der Waals surface area contributed by atoms with Crippen molar-refractivity contribution in [2.24, 2.45) is 5.73 Å². The molecule has 126 valence electrons. The number of aliphatic hydroxyl groups excluding tert-OH is 1. The van der Waals surface area contributed by atoms with Gasteiger partial charge >= 0.3 is 0 Å². The van der Waals surface area contributed by atoms with Gasteiger partial charge in [0.1, 0.15) is 11.8 Å². The van der Waals surface area contributed by atoms with Gasteiger partial charge in [0.25, 0.3) is 0 Å². The molecular weight excluding hydrogens is 310 g/mol. The first kappa shape index (κ1) is 16.0. The zero-order chi connectivity index (χ0) is 17.3. The Morgan fingerprint density at radius 2 is 2.25 bits per heavy atom. The van der Waals surface area contributed by atoms with E-state index >= 15 is 0 Å². The SMILES string of the molecule is CC1=C(C(N)=O)[C@@H](c2cccc(O)c2)n2nc(CCCO)nc2N1. The molecule has 1 aliphatic rings. The molecule has 2 aromatic rings. The molecule has 0 bridgehead atoms. The summed E-state index contributed by atoms with van der Waals surface area (Å²) in [5.74, 6) is 0.593. The van der Waals surface area contributed by atoms with Gasteiger partial charge in [-0.25, -0.2) is 4.68 Å². The van der Waals surface area contributed by atoms with Crippen LogP contribution in [0.4, 0.5) is 5.95 Å². The second kappa shape index (κ2) is 6.32. The minimum absolute atomic E-state index is 0.0527. The number of primary amides is 1. The molecule has 0 saturated carbocycles. The van der Waals surface area contributed by atoms with Crippen molar-refractivity contribution in [1.82, 2.24) is 14.8 Å². The second-order valence-electron chi connectivity index (χ2n) is 5.65. The fraction of sp³-hybridized carbons (Fsp3) is 0.312. The van der Waals surface area contributed by atoms with Crippen LogP contribution in [0.2, 0.25) is 0 Å². The van der Waals surface area contributed by atoms with E-state index in [4.69, 9.17) is 10.8 Å². The summed E-state index contributed by atoms with van der Waals surface area (Å²) in [5.41, 5.74) is 7.23. The van der Waals surface area contributed by atoms with Gasteiger partial charge < -0.3 is 21.3 Å². The maximum Gasteiger partial charge on any atom is 0.248 e. The third-order valence-electron chi connectivity index (χ3n) is 3.91. The first-order chi connectivity index (χ1) is 11.5. The number of hydrogen-bond donors (Lipinski definition) is 4. The molecule has 0 unspecified atom stereocenters. The summed E-state index contributed by atoms with van der Waals surface area (Å²) in [5, 5.41) is 26.3. The van der Waals surface area contributed by atoms with Crippen molar-refractivity contribution in [3.8, 4) is 5.75 Å². The van der Waals surface area contributed by atoms with Crippen LogP contribution in [0.3, 0.4) is 0 Å². The Kier molecular flexibility index (Phi) is 4.22. The van der Waals surface area contributed by atoms with E-state index in [1.54, 1.807) is 35.9 Å². The number of aromatic nitrogens is 3. The van der Waals surface area contributed by atoms with E-state index in [1.165, 1.54) is 0 Å². The molecule has 1 amide bonds. The van der Waals surface area contributed by atoms with Crippen LogP contribution in [0.25, 0.3) is 0 Å². The molecule has 24 heavy (non-hydrogen) atoms. The van der Waals surface area contributed by atoms with Gasteiger partial charge in [-0.2, -0.15) is 10.1 Å². The molecule has 5 N–H and O–H groups in total. The number of benzene rings is 1. The van der Waals surface area contributed by atoms with E-state index < -0.39 is 11.9 Å². The van der Waals surface area contributed by atoms with E-state index in [0.29, 0.717) is 41.4 Å². The third kappa shape index (κ3) is 2.83. The first-order valence-corrected chi connectivity index (χ1v) is 7.64. The average molecular weight is 329 g/mol. The first-order valence-electron chi connectivity index (χ1n) is 7.64. The lowest BCUT2D eigenvalue weighted by Crippen LogP contribution is -2.31. The molecule has 1 aromatic heterocycles. The fourth-order valence-electron chi connectivity index (χ4n) is 2.86. The molecule has 0 spiro atoms. The van der Waals surface area contributed by atoms with Gasteiger partial charge in [0.05, 0.1) is 5.57 Å². The van der Waals surface area contributed by atoms with Gasteiger partial charge in [0.15, 0.2) is 5.82 Å². The van der Waals surface area contributed by atoms with Crippen molar-refractivity contribution in [2.75, 3.05) is 11.9 Å². The number of carbonyl (C=O) groups excluding carboxylic acids is 1. The average Bonchev–Trinajstić information content (AvgIpc) is 2.93. The summed E-state index contributed by atoms with van der Waals surface area (Å²) in [6.07, 6.45) is 1.07. The maximum atomic E-state index is 12.0. The molecule has 8 nitrogen and oxygen atoms in total. The lowest BCUT2D eigenvalue weighted by atomic mass is 9.95. The lowest BCUT2D eigenvalue weighted by Gasteiger charge is -2.27. The molecule has 3 rings (SSSR count). The summed E-state index contributed by atoms with van der Waals surface area (Å²) >= 11 is 0. The summed E-state index contributed by atoms with van der Waals surface area (Å²) in [6, 6.07) is 6.06. The highest BCUT2D eigenvalue weighted by atomic mass is 16.3. The van der Waals surface area contributed by atoms with E-state index in [-0.39, 0.29) is 12.4 Å². The Bertz CT molecular complexity index is 812. The Balaban J connectivity index is 2.11. The monoisotopic (exact) mass is 329 g/mol. The van der Waals surface area contributed by atoms with E-state index in [2.05, 4.69) is 15.4 Å². The van der Waals surface area contributed by atoms with Crippen LogP contribution in [0.1, 0.15) is 30.8 Å². The largest absolute Gasteiger partial charge is 0.508 e. The molecule has 8 heteroatoms. The van der Waals surface area contributed by atoms with Crippen molar-refractivity contribution in [3.05, 3.63) is 46.9 Å². The van der Waals surface area contributed by atoms with Gasteiger partial charge in [-0.15, -0.1) is 0 Å². The summed E-state index contributed by atoms with van der Waals surface area (Å²) in [6.45, 7) is 1.80. The van der Waals surface area contributed by atoms with Crippen molar-refractivity contribution < 1.29 is 15.0 Å². The molecule has 2 heterocycles. The molecule has 0 radical (unpaired) electrons. The van der Waals surface area contributed by atoms with Crippen LogP contribution in [0.15, 0.2) is 35.5 Å².